The molecule has 140 valence electrons. The summed E-state index contributed by atoms with van der Waals surface area (Å²) in [5.74, 6) is 0.205. The van der Waals surface area contributed by atoms with Crippen molar-refractivity contribution in [1.82, 2.24) is 9.66 Å². The van der Waals surface area contributed by atoms with E-state index in [-0.39, 0.29) is 23.5 Å². The average molecular weight is 383 g/mol. The van der Waals surface area contributed by atoms with E-state index < -0.39 is 0 Å². The number of nitrogens with zero attached hydrogens (tertiary/aromatic N) is 2. The van der Waals surface area contributed by atoms with Crippen molar-refractivity contribution in [3.05, 3.63) is 51.1 Å². The van der Waals surface area contributed by atoms with Crippen molar-refractivity contribution in [2.45, 2.75) is 45.8 Å². The van der Waals surface area contributed by atoms with E-state index >= 15 is 0 Å². The van der Waals surface area contributed by atoms with Crippen LogP contribution in [0.3, 0.4) is 0 Å². The number of aromatic nitrogens is 2. The highest BCUT2D eigenvalue weighted by Gasteiger charge is 2.31. The molecule has 0 radical (unpaired) electrons. The first-order valence-electron chi connectivity index (χ1n) is 8.96. The molecule has 6 nitrogen and oxygen atoms in total. The molecule has 1 N–H and O–H groups in total. The number of hydrogen-bond donors (Lipinski definition) is 1. The van der Waals surface area contributed by atoms with Crippen LogP contribution in [0.5, 0.6) is 0 Å². The van der Waals surface area contributed by atoms with Gasteiger partial charge in [-0.25, -0.2) is 4.98 Å². The lowest BCUT2D eigenvalue weighted by molar-refractivity contribution is -0.116. The van der Waals surface area contributed by atoms with Gasteiger partial charge >= 0.3 is 0 Å². The summed E-state index contributed by atoms with van der Waals surface area (Å²) < 4.78 is 7.18. The monoisotopic (exact) mass is 383 g/mol. The van der Waals surface area contributed by atoms with Crippen LogP contribution in [-0.4, -0.2) is 21.2 Å². The topological polar surface area (TPSA) is 73.2 Å². The van der Waals surface area contributed by atoms with E-state index in [1.54, 1.807) is 6.92 Å². The number of amides is 1. The first-order chi connectivity index (χ1) is 12.9. The van der Waals surface area contributed by atoms with Crippen molar-refractivity contribution < 1.29 is 9.53 Å². The third-order valence-corrected chi connectivity index (χ3v) is 5.79. The number of hydrogen-bond acceptors (Lipinski definition) is 5. The van der Waals surface area contributed by atoms with Crippen molar-refractivity contribution in [2.75, 3.05) is 5.43 Å². The lowest BCUT2D eigenvalue weighted by atomic mass is 9.94. The Balaban J connectivity index is 2.00. The van der Waals surface area contributed by atoms with E-state index in [1.165, 1.54) is 16.0 Å². The van der Waals surface area contributed by atoms with Crippen LogP contribution < -0.4 is 11.0 Å². The van der Waals surface area contributed by atoms with E-state index in [0.29, 0.717) is 29.1 Å². The SMILES string of the molecule is CCC(=O)Nn1c(-c2ccccc2)nc2sc3c(c2c1=O)CC(C)(C)OC3. The third-order valence-electron chi connectivity index (χ3n) is 4.69. The highest BCUT2D eigenvalue weighted by atomic mass is 32.1. The van der Waals surface area contributed by atoms with Crippen LogP contribution in [-0.2, 0) is 22.6 Å². The molecule has 27 heavy (non-hydrogen) atoms. The molecule has 1 amide bonds. The predicted octanol–water partition coefficient (Wildman–Crippen LogP) is 3.46. The number of benzene rings is 1. The van der Waals surface area contributed by atoms with Gasteiger partial charge in [0.25, 0.3) is 5.56 Å². The molecule has 0 unspecified atom stereocenters. The van der Waals surface area contributed by atoms with Gasteiger partial charge < -0.3 is 4.74 Å². The summed E-state index contributed by atoms with van der Waals surface area (Å²) in [7, 11) is 0. The van der Waals surface area contributed by atoms with Gasteiger partial charge in [-0.05, 0) is 19.4 Å². The Morgan fingerprint density at radius 3 is 2.78 bits per heavy atom. The molecular weight excluding hydrogens is 362 g/mol. The molecule has 0 fully saturated rings. The number of carbonyl (C=O) groups excluding carboxylic acids is 1. The Morgan fingerprint density at radius 1 is 1.33 bits per heavy atom. The molecule has 1 aliphatic heterocycles. The minimum Gasteiger partial charge on any atom is -0.370 e. The largest absolute Gasteiger partial charge is 0.370 e. The zero-order valence-electron chi connectivity index (χ0n) is 15.5. The molecule has 0 aliphatic carbocycles. The van der Waals surface area contributed by atoms with Gasteiger partial charge in [0, 0.05) is 23.3 Å². The Kier molecular flexibility index (Phi) is 4.36. The molecule has 0 saturated heterocycles. The highest BCUT2D eigenvalue weighted by Crippen LogP contribution is 2.37. The molecule has 0 atom stereocenters. The summed E-state index contributed by atoms with van der Waals surface area (Å²) in [6, 6.07) is 9.42. The molecule has 0 saturated carbocycles. The van der Waals surface area contributed by atoms with Crippen molar-refractivity contribution in [3.8, 4) is 11.4 Å². The minimum absolute atomic E-state index is 0.233. The number of ether oxygens (including phenoxy) is 1. The molecule has 0 spiro atoms. The van der Waals surface area contributed by atoms with E-state index in [0.717, 1.165) is 16.0 Å². The zero-order valence-corrected chi connectivity index (χ0v) is 16.4. The summed E-state index contributed by atoms with van der Waals surface area (Å²) in [5.41, 5.74) is 3.90. The van der Waals surface area contributed by atoms with Gasteiger partial charge in [0.1, 0.15) is 4.83 Å². The molecule has 2 aromatic heterocycles. The smallest absolute Gasteiger partial charge is 0.281 e. The van der Waals surface area contributed by atoms with Crippen LogP contribution in [0.15, 0.2) is 35.1 Å². The molecule has 3 heterocycles. The summed E-state index contributed by atoms with van der Waals surface area (Å²) in [6.07, 6.45) is 0.924. The minimum atomic E-state index is -0.330. The first-order valence-corrected chi connectivity index (χ1v) is 9.78. The van der Waals surface area contributed by atoms with Crippen LogP contribution >= 0.6 is 11.3 Å². The lowest BCUT2D eigenvalue weighted by Gasteiger charge is -2.29. The third kappa shape index (κ3) is 3.17. The molecular formula is C20H21N3O3S. The van der Waals surface area contributed by atoms with Gasteiger partial charge in [0.05, 0.1) is 17.6 Å². The van der Waals surface area contributed by atoms with Crippen LogP contribution in [0.2, 0.25) is 0 Å². The van der Waals surface area contributed by atoms with E-state index in [1.807, 2.05) is 44.2 Å². The van der Waals surface area contributed by atoms with Gasteiger partial charge in [-0.2, -0.15) is 4.68 Å². The number of carbonyl (C=O) groups is 1. The van der Waals surface area contributed by atoms with Gasteiger partial charge in [-0.1, -0.05) is 37.3 Å². The van der Waals surface area contributed by atoms with Crippen LogP contribution in [0.25, 0.3) is 21.6 Å². The zero-order chi connectivity index (χ0) is 19.2. The molecule has 1 aliphatic rings. The van der Waals surface area contributed by atoms with Crippen LogP contribution in [0.1, 0.15) is 37.6 Å². The fourth-order valence-electron chi connectivity index (χ4n) is 3.28. The van der Waals surface area contributed by atoms with E-state index in [4.69, 9.17) is 9.72 Å². The van der Waals surface area contributed by atoms with Gasteiger partial charge in [0.15, 0.2) is 5.82 Å². The molecule has 4 rings (SSSR count). The highest BCUT2D eigenvalue weighted by molar-refractivity contribution is 7.18. The van der Waals surface area contributed by atoms with E-state index in [9.17, 15) is 9.59 Å². The normalized spacial score (nSPS) is 15.5. The van der Waals surface area contributed by atoms with Crippen molar-refractivity contribution in [3.63, 3.8) is 0 Å². The second kappa shape index (κ2) is 6.58. The second-order valence-electron chi connectivity index (χ2n) is 7.24. The van der Waals surface area contributed by atoms with Gasteiger partial charge in [-0.3, -0.25) is 15.0 Å². The Bertz CT molecular complexity index is 1080. The predicted molar refractivity (Wildman–Crippen MR) is 107 cm³/mol. The van der Waals surface area contributed by atoms with Gasteiger partial charge in [-0.15, -0.1) is 11.3 Å². The second-order valence-corrected chi connectivity index (χ2v) is 8.32. The van der Waals surface area contributed by atoms with Crippen molar-refractivity contribution in [2.24, 2.45) is 0 Å². The Hall–Kier alpha value is -2.51. The standard InChI is InChI=1S/C20H21N3O3S/c1-4-15(24)22-23-17(12-8-6-5-7-9-12)21-18-16(19(23)25)13-10-20(2,3)26-11-14(13)27-18/h5-9H,4,10-11H2,1-3H3,(H,22,24). The molecule has 1 aromatic carbocycles. The maximum absolute atomic E-state index is 13.4. The first kappa shape index (κ1) is 17.9. The molecule has 7 heteroatoms. The number of rotatable bonds is 3. The van der Waals surface area contributed by atoms with Crippen molar-refractivity contribution in [1.29, 1.82) is 0 Å². The fourth-order valence-corrected chi connectivity index (χ4v) is 4.37. The van der Waals surface area contributed by atoms with Crippen LogP contribution in [0, 0.1) is 0 Å². The molecule has 0 bridgehead atoms. The summed E-state index contributed by atoms with van der Waals surface area (Å²) in [6.45, 7) is 6.26. The van der Waals surface area contributed by atoms with Crippen LogP contribution in [0.4, 0.5) is 0 Å². The number of fused-ring (bicyclic) bond motifs is 3. The van der Waals surface area contributed by atoms with E-state index in [2.05, 4.69) is 5.43 Å². The Morgan fingerprint density at radius 2 is 2.07 bits per heavy atom. The maximum Gasteiger partial charge on any atom is 0.281 e. The lowest BCUT2D eigenvalue weighted by Crippen LogP contribution is -2.36. The van der Waals surface area contributed by atoms with Gasteiger partial charge in [0.2, 0.25) is 5.91 Å². The maximum atomic E-state index is 13.4. The fraction of sp³-hybridized carbons (Fsp3) is 0.350. The van der Waals surface area contributed by atoms with Crippen molar-refractivity contribution >= 4 is 27.5 Å². The average Bonchev–Trinajstić information content (AvgIpc) is 3.01. The number of nitrogens with one attached hydrogen (secondary N) is 1. The Labute approximate surface area is 160 Å². The summed E-state index contributed by atoms with van der Waals surface area (Å²) >= 11 is 1.49. The molecule has 3 aromatic rings. The quantitative estimate of drug-likeness (QED) is 0.752. The summed E-state index contributed by atoms with van der Waals surface area (Å²) in [5, 5.41) is 0.586. The summed E-state index contributed by atoms with van der Waals surface area (Å²) in [4.78, 5) is 31.9. The number of thiophene rings is 1.